The maximum atomic E-state index is 13.6. The summed E-state index contributed by atoms with van der Waals surface area (Å²) in [6.07, 6.45) is 0. The van der Waals surface area contributed by atoms with Gasteiger partial charge in [0.2, 0.25) is 5.91 Å². The number of hydrogen-bond acceptors (Lipinski definition) is 5. The number of hydrogen-bond donors (Lipinski definition) is 1. The highest BCUT2D eigenvalue weighted by Gasteiger charge is 2.43. The number of benzene rings is 2. The highest BCUT2D eigenvalue weighted by atomic mass is 16.5. The van der Waals surface area contributed by atoms with E-state index in [1.807, 2.05) is 53.4 Å². The van der Waals surface area contributed by atoms with E-state index in [0.717, 1.165) is 17.0 Å². The van der Waals surface area contributed by atoms with Crippen molar-refractivity contribution in [3.05, 3.63) is 70.9 Å². The van der Waals surface area contributed by atoms with Crippen molar-refractivity contribution < 1.29 is 19.1 Å². The minimum Gasteiger partial charge on any atom is -0.495 e. The van der Waals surface area contributed by atoms with Gasteiger partial charge in [0.05, 0.1) is 36.7 Å². The third-order valence-electron chi connectivity index (χ3n) is 7.93. The molecule has 39 heavy (non-hydrogen) atoms. The fraction of sp³-hybridized carbons (Fsp3) is 0.433. The molecule has 1 fully saturated rings. The molecule has 0 aromatic heterocycles. The number of methoxy groups -OCH3 is 1. The van der Waals surface area contributed by atoms with Crippen LogP contribution in [0.3, 0.4) is 0 Å². The van der Waals surface area contributed by atoms with E-state index in [9.17, 15) is 14.4 Å². The lowest BCUT2D eigenvalue weighted by Gasteiger charge is -2.37. The summed E-state index contributed by atoms with van der Waals surface area (Å²) < 4.78 is 5.49. The maximum Gasteiger partial charge on any atom is 0.322 e. The highest BCUT2D eigenvalue weighted by molar-refractivity contribution is 6.03. The van der Waals surface area contributed by atoms with Crippen LogP contribution in [0.2, 0.25) is 0 Å². The average molecular weight is 532 g/mol. The number of anilines is 1. The first-order valence-electron chi connectivity index (χ1n) is 13.4. The third kappa shape index (κ3) is 5.05. The van der Waals surface area contributed by atoms with Crippen molar-refractivity contribution in [2.45, 2.75) is 32.2 Å². The zero-order chi connectivity index (χ0) is 27.9. The number of urea groups is 1. The number of ether oxygens (including phenoxy) is 1. The van der Waals surface area contributed by atoms with E-state index >= 15 is 0 Å². The van der Waals surface area contributed by atoms with E-state index in [4.69, 9.17) is 4.74 Å². The monoisotopic (exact) mass is 531 g/mol. The molecule has 0 spiro atoms. The number of piperazine rings is 1. The van der Waals surface area contributed by atoms with Gasteiger partial charge in [0.25, 0.3) is 5.91 Å². The van der Waals surface area contributed by atoms with Crippen LogP contribution in [0.15, 0.2) is 59.8 Å². The van der Waals surface area contributed by atoms with Crippen LogP contribution >= 0.6 is 0 Å². The van der Waals surface area contributed by atoms with Crippen molar-refractivity contribution in [2.75, 3.05) is 58.3 Å². The van der Waals surface area contributed by atoms with Crippen LogP contribution < -0.4 is 15.0 Å². The van der Waals surface area contributed by atoms with Crippen LogP contribution in [0.5, 0.6) is 5.75 Å². The van der Waals surface area contributed by atoms with Gasteiger partial charge >= 0.3 is 6.03 Å². The molecule has 3 aliphatic heterocycles. The molecule has 9 heteroatoms. The van der Waals surface area contributed by atoms with Crippen LogP contribution in [0.1, 0.15) is 37.9 Å². The second-order valence-corrected chi connectivity index (χ2v) is 11.4. The van der Waals surface area contributed by atoms with Crippen molar-refractivity contribution in [1.29, 1.82) is 0 Å². The fourth-order valence-corrected chi connectivity index (χ4v) is 5.53. The van der Waals surface area contributed by atoms with Gasteiger partial charge in [-0.2, -0.15) is 0 Å². The van der Waals surface area contributed by atoms with Gasteiger partial charge in [-0.15, -0.1) is 0 Å². The standard InChI is InChI=1S/C30H37N5O4/c1-30(2,3)21-12-10-20(11-13-21)27-26-23(32(4)29(38)31-27)18-35(28(26)37)19-25(36)34-16-14-33(15-17-34)22-8-6-7-9-24(22)39-5/h6-13,27H,14-19H2,1-5H3,(H,31,38)/t27-/m1/s1. The van der Waals surface area contributed by atoms with E-state index < -0.39 is 6.04 Å². The Morgan fingerprint density at radius 3 is 2.31 bits per heavy atom. The second kappa shape index (κ2) is 10.3. The van der Waals surface area contributed by atoms with E-state index in [0.29, 0.717) is 37.4 Å². The minimum atomic E-state index is -0.547. The van der Waals surface area contributed by atoms with Crippen LogP contribution in [0, 0.1) is 0 Å². The molecule has 0 saturated carbocycles. The molecule has 0 unspecified atom stereocenters. The van der Waals surface area contributed by atoms with Crippen molar-refractivity contribution in [3.63, 3.8) is 0 Å². The third-order valence-corrected chi connectivity index (χ3v) is 7.93. The summed E-state index contributed by atoms with van der Waals surface area (Å²) in [5, 5.41) is 2.98. The second-order valence-electron chi connectivity index (χ2n) is 11.4. The van der Waals surface area contributed by atoms with E-state index in [1.54, 1.807) is 19.1 Å². The number of para-hydroxylation sites is 2. The molecule has 0 bridgehead atoms. The summed E-state index contributed by atoms with van der Waals surface area (Å²) in [5.41, 5.74) is 4.23. The number of carbonyl (C=O) groups excluding carboxylic acids is 3. The molecule has 0 aliphatic carbocycles. The first-order valence-corrected chi connectivity index (χ1v) is 13.4. The number of rotatable bonds is 5. The summed E-state index contributed by atoms with van der Waals surface area (Å²) in [4.78, 5) is 46.8. The Morgan fingerprint density at radius 1 is 1.00 bits per heavy atom. The average Bonchev–Trinajstić information content (AvgIpc) is 3.26. The van der Waals surface area contributed by atoms with Crippen molar-refractivity contribution in [2.24, 2.45) is 0 Å². The van der Waals surface area contributed by atoms with Gasteiger partial charge in [0.1, 0.15) is 12.3 Å². The summed E-state index contributed by atoms with van der Waals surface area (Å²) >= 11 is 0. The largest absolute Gasteiger partial charge is 0.495 e. The molecule has 1 saturated heterocycles. The van der Waals surface area contributed by atoms with E-state index in [-0.39, 0.29) is 36.3 Å². The molecule has 0 radical (unpaired) electrons. The minimum absolute atomic E-state index is 0.00201. The molecular formula is C30H37N5O4. The van der Waals surface area contributed by atoms with Crippen LogP contribution in [0.4, 0.5) is 10.5 Å². The Kier molecular flexibility index (Phi) is 7.01. The molecule has 206 valence electrons. The van der Waals surface area contributed by atoms with Crippen LogP contribution in [-0.4, -0.2) is 86.0 Å². The number of nitrogens with one attached hydrogen (secondary N) is 1. The van der Waals surface area contributed by atoms with Crippen LogP contribution in [-0.2, 0) is 15.0 Å². The van der Waals surface area contributed by atoms with Gasteiger partial charge in [-0.25, -0.2) is 4.79 Å². The lowest BCUT2D eigenvalue weighted by molar-refractivity contribution is -0.137. The highest BCUT2D eigenvalue weighted by Crippen LogP contribution is 2.36. The summed E-state index contributed by atoms with van der Waals surface area (Å²) in [6, 6.07) is 15.1. The summed E-state index contributed by atoms with van der Waals surface area (Å²) in [5.74, 6) is 0.519. The number of amides is 4. The molecule has 5 rings (SSSR count). The Bertz CT molecular complexity index is 1310. The zero-order valence-electron chi connectivity index (χ0n) is 23.4. The van der Waals surface area contributed by atoms with Gasteiger partial charge in [-0.3, -0.25) is 14.5 Å². The lowest BCUT2D eigenvalue weighted by Crippen LogP contribution is -2.51. The Balaban J connectivity index is 1.27. The molecular weight excluding hydrogens is 494 g/mol. The van der Waals surface area contributed by atoms with Crippen molar-refractivity contribution in [3.8, 4) is 5.75 Å². The SMILES string of the molecule is COc1ccccc1N1CCN(C(=O)CN2CC3=C(C2=O)[C@@H](c2ccc(C(C)(C)C)cc2)NC(=O)N3C)CC1. The molecule has 1 N–H and O–H groups in total. The van der Waals surface area contributed by atoms with E-state index in [1.165, 1.54) is 10.5 Å². The predicted molar refractivity (Wildman–Crippen MR) is 150 cm³/mol. The molecule has 2 aromatic rings. The molecule has 3 aliphatic rings. The quantitative estimate of drug-likeness (QED) is 0.641. The topological polar surface area (TPSA) is 85.4 Å². The Hall–Kier alpha value is -4.01. The van der Waals surface area contributed by atoms with Gasteiger partial charge in [0.15, 0.2) is 0 Å². The van der Waals surface area contributed by atoms with Gasteiger partial charge in [0, 0.05) is 33.2 Å². The Labute approximate surface area is 230 Å². The lowest BCUT2D eigenvalue weighted by atomic mass is 9.85. The van der Waals surface area contributed by atoms with Gasteiger partial charge < -0.3 is 24.8 Å². The van der Waals surface area contributed by atoms with Gasteiger partial charge in [-0.1, -0.05) is 57.2 Å². The first kappa shape index (κ1) is 26.6. The smallest absolute Gasteiger partial charge is 0.322 e. The van der Waals surface area contributed by atoms with E-state index in [2.05, 4.69) is 31.0 Å². The zero-order valence-corrected chi connectivity index (χ0v) is 23.4. The number of nitrogens with zero attached hydrogens (tertiary/aromatic N) is 4. The molecule has 9 nitrogen and oxygen atoms in total. The van der Waals surface area contributed by atoms with Crippen LogP contribution in [0.25, 0.3) is 0 Å². The molecule has 2 aromatic carbocycles. The van der Waals surface area contributed by atoms with Gasteiger partial charge in [-0.05, 0) is 28.7 Å². The fourth-order valence-electron chi connectivity index (χ4n) is 5.53. The number of carbonyl (C=O) groups is 3. The van der Waals surface area contributed by atoms with Crippen molar-refractivity contribution >= 4 is 23.5 Å². The first-order chi connectivity index (χ1) is 18.6. The normalized spacial score (nSPS) is 19.9. The molecule has 1 atom stereocenters. The Morgan fingerprint density at radius 2 is 1.67 bits per heavy atom. The predicted octanol–water partition coefficient (Wildman–Crippen LogP) is 3.13. The summed E-state index contributed by atoms with van der Waals surface area (Å²) in [7, 11) is 3.32. The summed E-state index contributed by atoms with van der Waals surface area (Å²) in [6.45, 7) is 9.16. The molecule has 3 heterocycles. The number of likely N-dealkylation sites (N-methyl/N-ethyl adjacent to an activating group) is 1. The maximum absolute atomic E-state index is 13.6. The van der Waals surface area contributed by atoms with Crippen molar-refractivity contribution in [1.82, 2.24) is 20.0 Å². The molecule has 4 amide bonds.